The number of rotatable bonds is 10. The Balaban J connectivity index is 1.30. The van der Waals surface area contributed by atoms with E-state index < -0.39 is 0 Å². The number of alkyl carbamates (subject to hydrolysis) is 1. The van der Waals surface area contributed by atoms with Gasteiger partial charge < -0.3 is 10.1 Å². The summed E-state index contributed by atoms with van der Waals surface area (Å²) in [6.07, 6.45) is 10.2. The molecule has 0 spiro atoms. The highest BCUT2D eigenvalue weighted by molar-refractivity contribution is 5.67. The Labute approximate surface area is 176 Å². The highest BCUT2D eigenvalue weighted by atomic mass is 16.5. The molecule has 3 rings (SSSR count). The Hall–Kier alpha value is -1.59. The Kier molecular flexibility index (Phi) is 7.96. The predicted octanol–water partition coefficient (Wildman–Crippen LogP) is 4.93. The molecule has 1 amide bonds. The average molecular weight is 405 g/mol. The molecule has 0 bridgehead atoms. The first-order valence-corrected chi connectivity index (χ1v) is 11.8. The fourth-order valence-electron chi connectivity index (χ4n) is 4.89. The SMILES string of the molecule is CC(C)CCCCCCNC(=O)OCC1C2CCc3nnn(C(C)C)c3CCC21. The average Bonchev–Trinajstić information content (AvgIpc) is 3.14. The molecule has 1 aromatic rings. The van der Waals surface area contributed by atoms with Crippen LogP contribution in [-0.2, 0) is 17.6 Å². The predicted molar refractivity (Wildman–Crippen MR) is 115 cm³/mol. The summed E-state index contributed by atoms with van der Waals surface area (Å²) in [6.45, 7) is 10.2. The van der Waals surface area contributed by atoms with Crippen LogP contribution in [0.1, 0.15) is 90.1 Å². The van der Waals surface area contributed by atoms with Gasteiger partial charge in [-0.25, -0.2) is 9.48 Å². The van der Waals surface area contributed by atoms with Crippen LogP contribution < -0.4 is 5.32 Å². The van der Waals surface area contributed by atoms with Crippen LogP contribution >= 0.6 is 0 Å². The van der Waals surface area contributed by atoms with Crippen molar-refractivity contribution in [2.45, 2.75) is 91.5 Å². The molecular weight excluding hydrogens is 364 g/mol. The minimum atomic E-state index is -0.244. The van der Waals surface area contributed by atoms with Gasteiger partial charge in [-0.1, -0.05) is 44.7 Å². The van der Waals surface area contributed by atoms with Crippen LogP contribution in [0, 0.1) is 23.7 Å². The molecule has 1 heterocycles. The van der Waals surface area contributed by atoms with E-state index in [1.54, 1.807) is 0 Å². The number of nitrogens with one attached hydrogen (secondary N) is 1. The van der Waals surface area contributed by atoms with Gasteiger partial charge in [0.2, 0.25) is 0 Å². The van der Waals surface area contributed by atoms with E-state index in [2.05, 4.69) is 48.0 Å². The summed E-state index contributed by atoms with van der Waals surface area (Å²) >= 11 is 0. The minimum absolute atomic E-state index is 0.244. The molecule has 3 atom stereocenters. The van der Waals surface area contributed by atoms with E-state index in [4.69, 9.17) is 4.74 Å². The van der Waals surface area contributed by atoms with Crippen LogP contribution in [0.25, 0.3) is 0 Å². The zero-order valence-electron chi connectivity index (χ0n) is 18.8. The summed E-state index contributed by atoms with van der Waals surface area (Å²) in [4.78, 5) is 12.0. The fraction of sp³-hybridized carbons (Fsp3) is 0.870. The van der Waals surface area contributed by atoms with Gasteiger partial charge >= 0.3 is 6.09 Å². The Bertz CT molecular complexity index is 655. The molecule has 3 unspecified atom stereocenters. The smallest absolute Gasteiger partial charge is 0.407 e. The number of hydrogen-bond acceptors (Lipinski definition) is 4. The topological polar surface area (TPSA) is 69.0 Å². The maximum absolute atomic E-state index is 12.0. The molecule has 0 aliphatic heterocycles. The molecule has 0 radical (unpaired) electrons. The molecule has 29 heavy (non-hydrogen) atoms. The van der Waals surface area contributed by atoms with Crippen molar-refractivity contribution in [1.82, 2.24) is 20.3 Å². The maximum Gasteiger partial charge on any atom is 0.407 e. The lowest BCUT2D eigenvalue weighted by Gasteiger charge is -2.12. The van der Waals surface area contributed by atoms with Crippen molar-refractivity contribution in [2.75, 3.05) is 13.2 Å². The first-order valence-electron chi connectivity index (χ1n) is 11.8. The summed E-state index contributed by atoms with van der Waals surface area (Å²) in [7, 11) is 0. The van der Waals surface area contributed by atoms with Gasteiger partial charge in [-0.3, -0.25) is 0 Å². The standard InChI is InChI=1S/C23H40N4O2/c1-16(2)9-7-5-6-8-14-24-23(28)29-15-20-18-10-12-21-22(13-11-19(18)20)27(17(3)4)26-25-21/h16-20H,5-15H2,1-4H3,(H,24,28). The Morgan fingerprint density at radius 1 is 1.10 bits per heavy atom. The summed E-state index contributed by atoms with van der Waals surface area (Å²) < 4.78 is 7.62. The number of carbonyl (C=O) groups excluding carboxylic acids is 1. The third-order valence-corrected chi connectivity index (χ3v) is 6.68. The molecule has 0 aromatic carbocycles. The van der Waals surface area contributed by atoms with E-state index >= 15 is 0 Å². The van der Waals surface area contributed by atoms with Crippen molar-refractivity contribution >= 4 is 6.09 Å². The van der Waals surface area contributed by atoms with Crippen molar-refractivity contribution in [3.05, 3.63) is 11.4 Å². The number of unbranched alkanes of at least 4 members (excludes halogenated alkanes) is 3. The van der Waals surface area contributed by atoms with E-state index in [1.807, 2.05) is 0 Å². The number of nitrogens with zero attached hydrogens (tertiary/aromatic N) is 3. The van der Waals surface area contributed by atoms with Gasteiger partial charge in [-0.2, -0.15) is 0 Å². The summed E-state index contributed by atoms with van der Waals surface area (Å²) in [5.41, 5.74) is 2.49. The van der Waals surface area contributed by atoms with Crippen LogP contribution in [0.15, 0.2) is 0 Å². The zero-order valence-corrected chi connectivity index (χ0v) is 18.8. The number of aryl methyl sites for hydroxylation is 1. The minimum Gasteiger partial charge on any atom is -0.449 e. The normalized spacial score (nSPS) is 23.3. The van der Waals surface area contributed by atoms with E-state index in [0.717, 1.165) is 44.6 Å². The summed E-state index contributed by atoms with van der Waals surface area (Å²) in [5, 5.41) is 11.7. The number of ether oxygens (including phenoxy) is 1. The molecule has 6 heteroatoms. The first kappa shape index (κ1) is 22.1. The lowest BCUT2D eigenvalue weighted by atomic mass is 10.0. The second-order valence-corrected chi connectivity index (χ2v) is 9.71. The number of carbonyl (C=O) groups is 1. The second kappa shape index (κ2) is 10.4. The Morgan fingerprint density at radius 2 is 1.83 bits per heavy atom. The van der Waals surface area contributed by atoms with Crippen molar-refractivity contribution in [1.29, 1.82) is 0 Å². The molecule has 1 aromatic heterocycles. The van der Waals surface area contributed by atoms with E-state index in [1.165, 1.54) is 37.1 Å². The van der Waals surface area contributed by atoms with Crippen molar-refractivity contribution in [3.63, 3.8) is 0 Å². The first-order chi connectivity index (χ1) is 14.0. The molecule has 2 aliphatic rings. The van der Waals surface area contributed by atoms with Crippen molar-refractivity contribution in [2.24, 2.45) is 23.7 Å². The lowest BCUT2D eigenvalue weighted by molar-refractivity contribution is 0.137. The van der Waals surface area contributed by atoms with Gasteiger partial charge in [-0.05, 0) is 69.6 Å². The van der Waals surface area contributed by atoms with E-state index in [-0.39, 0.29) is 6.09 Å². The van der Waals surface area contributed by atoms with Gasteiger partial charge in [0, 0.05) is 12.6 Å². The van der Waals surface area contributed by atoms with Gasteiger partial charge in [0.25, 0.3) is 0 Å². The molecule has 164 valence electrons. The molecule has 1 fully saturated rings. The fourth-order valence-corrected chi connectivity index (χ4v) is 4.89. The largest absolute Gasteiger partial charge is 0.449 e. The van der Waals surface area contributed by atoms with Crippen LogP contribution in [0.4, 0.5) is 4.79 Å². The molecular formula is C23H40N4O2. The van der Waals surface area contributed by atoms with Gasteiger partial charge in [0.1, 0.15) is 0 Å². The van der Waals surface area contributed by atoms with Gasteiger partial charge in [-0.15, -0.1) is 5.10 Å². The summed E-state index contributed by atoms with van der Waals surface area (Å²) in [5.74, 6) is 2.69. The van der Waals surface area contributed by atoms with Gasteiger partial charge in [0.15, 0.2) is 0 Å². The third-order valence-electron chi connectivity index (χ3n) is 6.68. The number of fused-ring (bicyclic) bond motifs is 2. The van der Waals surface area contributed by atoms with Gasteiger partial charge in [0.05, 0.1) is 18.0 Å². The van der Waals surface area contributed by atoms with E-state index in [0.29, 0.717) is 30.4 Å². The number of amides is 1. The highest BCUT2D eigenvalue weighted by Crippen LogP contribution is 2.52. The van der Waals surface area contributed by atoms with Crippen LogP contribution in [-0.4, -0.2) is 34.2 Å². The number of aromatic nitrogens is 3. The van der Waals surface area contributed by atoms with Crippen LogP contribution in [0.2, 0.25) is 0 Å². The molecule has 2 aliphatic carbocycles. The zero-order chi connectivity index (χ0) is 20.8. The third kappa shape index (κ3) is 6.19. The van der Waals surface area contributed by atoms with E-state index in [9.17, 15) is 4.79 Å². The highest BCUT2D eigenvalue weighted by Gasteiger charge is 2.50. The molecule has 6 nitrogen and oxygen atoms in total. The van der Waals surface area contributed by atoms with Crippen LogP contribution in [0.3, 0.4) is 0 Å². The molecule has 1 N–H and O–H groups in total. The second-order valence-electron chi connectivity index (χ2n) is 9.71. The Morgan fingerprint density at radius 3 is 2.55 bits per heavy atom. The lowest BCUT2D eigenvalue weighted by Crippen LogP contribution is -2.26. The monoisotopic (exact) mass is 404 g/mol. The summed E-state index contributed by atoms with van der Waals surface area (Å²) in [6, 6.07) is 0.360. The van der Waals surface area contributed by atoms with Crippen molar-refractivity contribution in [3.8, 4) is 0 Å². The number of hydrogen-bond donors (Lipinski definition) is 1. The van der Waals surface area contributed by atoms with Crippen LogP contribution in [0.5, 0.6) is 0 Å². The molecule has 1 saturated carbocycles. The van der Waals surface area contributed by atoms with Crippen molar-refractivity contribution < 1.29 is 9.53 Å². The quantitative estimate of drug-likeness (QED) is 0.561. The maximum atomic E-state index is 12.0. The molecule has 0 saturated heterocycles.